The van der Waals surface area contributed by atoms with Crippen LogP contribution in [0.25, 0.3) is 0 Å². The number of carbonyl (C=O) groups is 1. The third-order valence-electron chi connectivity index (χ3n) is 3.12. The Kier molecular flexibility index (Phi) is 1.93. The minimum Gasteiger partial charge on any atom is -0.507 e. The molecular formula is C12H12O4. The number of rotatable bonds is 3. The molecule has 0 bridgehead atoms. The van der Waals surface area contributed by atoms with Gasteiger partial charge in [-0.3, -0.25) is 4.79 Å². The van der Waals surface area contributed by atoms with E-state index in [1.54, 1.807) is 0 Å². The number of carbonyl (C=O) groups excluding carboxylic acids is 1. The molecule has 16 heavy (non-hydrogen) atoms. The smallest absolute Gasteiger partial charge is 0.350 e. The molecule has 0 saturated heterocycles. The first kappa shape index (κ1) is 9.63. The number of hydrogen-bond acceptors (Lipinski definition) is 4. The van der Waals surface area contributed by atoms with Crippen molar-refractivity contribution in [2.75, 3.05) is 0 Å². The Balaban J connectivity index is 2.04. The average molecular weight is 220 g/mol. The molecule has 0 amide bonds. The SMILES string of the molecule is O=C(c1c(O)cc(C2CC2)oc1=O)C1CC1. The quantitative estimate of drug-likeness (QED) is 0.789. The van der Waals surface area contributed by atoms with Gasteiger partial charge < -0.3 is 9.52 Å². The molecule has 1 heterocycles. The van der Waals surface area contributed by atoms with Crippen molar-refractivity contribution in [1.82, 2.24) is 0 Å². The maximum Gasteiger partial charge on any atom is 0.350 e. The molecule has 4 heteroatoms. The van der Waals surface area contributed by atoms with Crippen LogP contribution in [0.1, 0.15) is 47.7 Å². The van der Waals surface area contributed by atoms with Crippen LogP contribution in [0.4, 0.5) is 0 Å². The van der Waals surface area contributed by atoms with Crippen LogP contribution in [-0.4, -0.2) is 10.9 Å². The van der Waals surface area contributed by atoms with Gasteiger partial charge in [0.15, 0.2) is 5.78 Å². The van der Waals surface area contributed by atoms with Crippen LogP contribution in [0.2, 0.25) is 0 Å². The van der Waals surface area contributed by atoms with Crippen molar-refractivity contribution < 1.29 is 14.3 Å². The van der Waals surface area contributed by atoms with Gasteiger partial charge in [0, 0.05) is 17.9 Å². The highest BCUT2D eigenvalue weighted by Crippen LogP contribution is 2.41. The van der Waals surface area contributed by atoms with Crippen molar-refractivity contribution in [3.8, 4) is 5.75 Å². The normalized spacial score (nSPS) is 19.8. The van der Waals surface area contributed by atoms with E-state index < -0.39 is 5.63 Å². The van der Waals surface area contributed by atoms with E-state index in [0.29, 0.717) is 5.76 Å². The zero-order chi connectivity index (χ0) is 11.3. The fourth-order valence-corrected chi connectivity index (χ4v) is 1.84. The third-order valence-corrected chi connectivity index (χ3v) is 3.12. The van der Waals surface area contributed by atoms with Gasteiger partial charge in [0.05, 0.1) is 0 Å². The maximum absolute atomic E-state index is 11.7. The Bertz CT molecular complexity index is 506. The monoisotopic (exact) mass is 220 g/mol. The second-order valence-electron chi connectivity index (χ2n) is 4.61. The largest absolute Gasteiger partial charge is 0.507 e. The van der Waals surface area contributed by atoms with Gasteiger partial charge in [-0.25, -0.2) is 4.79 Å². The summed E-state index contributed by atoms with van der Waals surface area (Å²) >= 11 is 0. The molecule has 1 aromatic rings. The van der Waals surface area contributed by atoms with E-state index in [9.17, 15) is 14.7 Å². The Hall–Kier alpha value is -1.58. The minimum atomic E-state index is -0.682. The lowest BCUT2D eigenvalue weighted by Gasteiger charge is -2.03. The first-order valence-corrected chi connectivity index (χ1v) is 5.58. The van der Waals surface area contributed by atoms with Gasteiger partial charge in [0.25, 0.3) is 0 Å². The fraction of sp³-hybridized carbons (Fsp3) is 0.500. The number of Topliss-reactive ketones (excluding diaryl/α,β-unsaturated/α-hetero) is 1. The van der Waals surface area contributed by atoms with Crippen LogP contribution in [0, 0.1) is 5.92 Å². The molecule has 1 aromatic heterocycles. The Labute approximate surface area is 91.9 Å². The summed E-state index contributed by atoms with van der Waals surface area (Å²) < 4.78 is 5.08. The summed E-state index contributed by atoms with van der Waals surface area (Å²) in [4.78, 5) is 23.3. The molecule has 2 saturated carbocycles. The maximum atomic E-state index is 11.7. The Morgan fingerprint density at radius 2 is 2.00 bits per heavy atom. The molecule has 0 radical (unpaired) electrons. The van der Waals surface area contributed by atoms with Gasteiger partial charge in [-0.05, 0) is 25.7 Å². The van der Waals surface area contributed by atoms with Crippen molar-refractivity contribution in [3.05, 3.63) is 27.8 Å². The highest BCUT2D eigenvalue weighted by atomic mass is 16.4. The molecule has 0 atom stereocenters. The van der Waals surface area contributed by atoms with Crippen LogP contribution in [0.15, 0.2) is 15.3 Å². The van der Waals surface area contributed by atoms with Gasteiger partial charge in [-0.1, -0.05) is 0 Å². The molecule has 2 fully saturated rings. The molecule has 0 unspecified atom stereocenters. The first-order valence-electron chi connectivity index (χ1n) is 5.58. The minimum absolute atomic E-state index is 0.0828. The summed E-state index contributed by atoms with van der Waals surface area (Å²) in [5.74, 6) is 0.197. The molecule has 84 valence electrons. The van der Waals surface area contributed by atoms with Crippen molar-refractivity contribution in [1.29, 1.82) is 0 Å². The highest BCUT2D eigenvalue weighted by Gasteiger charge is 2.35. The molecule has 4 nitrogen and oxygen atoms in total. The van der Waals surface area contributed by atoms with Gasteiger partial charge in [-0.15, -0.1) is 0 Å². The van der Waals surface area contributed by atoms with Crippen LogP contribution >= 0.6 is 0 Å². The van der Waals surface area contributed by atoms with Crippen LogP contribution in [0.5, 0.6) is 5.75 Å². The predicted octanol–water partition coefficient (Wildman–Crippen LogP) is 1.82. The molecule has 1 N–H and O–H groups in total. The van der Waals surface area contributed by atoms with Crippen molar-refractivity contribution >= 4 is 5.78 Å². The van der Waals surface area contributed by atoms with Gasteiger partial charge >= 0.3 is 5.63 Å². The predicted molar refractivity (Wildman–Crippen MR) is 55.7 cm³/mol. The zero-order valence-electron chi connectivity index (χ0n) is 8.73. The van der Waals surface area contributed by atoms with E-state index in [2.05, 4.69) is 0 Å². The average Bonchev–Trinajstić information content (AvgIpc) is 3.09. The van der Waals surface area contributed by atoms with Crippen molar-refractivity contribution in [2.24, 2.45) is 5.92 Å². The number of hydrogen-bond donors (Lipinski definition) is 1. The molecule has 3 rings (SSSR count). The van der Waals surface area contributed by atoms with Gasteiger partial charge in [-0.2, -0.15) is 0 Å². The van der Waals surface area contributed by atoms with E-state index in [0.717, 1.165) is 25.7 Å². The van der Waals surface area contributed by atoms with Crippen molar-refractivity contribution in [3.63, 3.8) is 0 Å². The third kappa shape index (κ3) is 1.54. The number of ketones is 1. The lowest BCUT2D eigenvalue weighted by Crippen LogP contribution is -2.16. The first-order chi connectivity index (χ1) is 7.66. The standard InChI is InChI=1S/C12H12O4/c13-8-5-9(6-1-2-6)16-12(15)10(8)11(14)7-3-4-7/h5-7,13H,1-4H2. The summed E-state index contributed by atoms with van der Waals surface area (Å²) in [7, 11) is 0. The summed E-state index contributed by atoms with van der Waals surface area (Å²) in [6, 6.07) is 1.43. The molecule has 0 spiro atoms. The van der Waals surface area contributed by atoms with E-state index in [1.807, 2.05) is 0 Å². The lowest BCUT2D eigenvalue weighted by molar-refractivity contribution is 0.0960. The van der Waals surface area contributed by atoms with Crippen LogP contribution in [0.3, 0.4) is 0 Å². The van der Waals surface area contributed by atoms with E-state index in [-0.39, 0.29) is 28.9 Å². The Morgan fingerprint density at radius 1 is 1.31 bits per heavy atom. The second kappa shape index (κ2) is 3.20. The number of aromatic hydroxyl groups is 1. The second-order valence-corrected chi connectivity index (χ2v) is 4.61. The molecule has 2 aliphatic carbocycles. The zero-order valence-corrected chi connectivity index (χ0v) is 8.73. The van der Waals surface area contributed by atoms with Crippen molar-refractivity contribution in [2.45, 2.75) is 31.6 Å². The molecule has 0 aromatic carbocycles. The topological polar surface area (TPSA) is 67.5 Å². The van der Waals surface area contributed by atoms with Gasteiger partial charge in [0.2, 0.25) is 0 Å². The van der Waals surface area contributed by atoms with E-state index >= 15 is 0 Å². The molecular weight excluding hydrogens is 208 g/mol. The molecule has 0 aliphatic heterocycles. The summed E-state index contributed by atoms with van der Waals surface area (Å²) in [5.41, 5.74) is -0.842. The highest BCUT2D eigenvalue weighted by molar-refractivity contribution is 6.01. The van der Waals surface area contributed by atoms with E-state index in [1.165, 1.54) is 6.07 Å². The lowest BCUT2D eigenvalue weighted by atomic mass is 10.1. The van der Waals surface area contributed by atoms with Crippen LogP contribution in [-0.2, 0) is 0 Å². The Morgan fingerprint density at radius 3 is 2.50 bits per heavy atom. The van der Waals surface area contributed by atoms with Crippen LogP contribution < -0.4 is 5.63 Å². The van der Waals surface area contributed by atoms with E-state index in [4.69, 9.17) is 4.42 Å². The van der Waals surface area contributed by atoms with Gasteiger partial charge in [0.1, 0.15) is 17.1 Å². The summed E-state index contributed by atoms with van der Waals surface area (Å²) in [6.07, 6.45) is 3.58. The summed E-state index contributed by atoms with van der Waals surface area (Å²) in [5, 5.41) is 9.72. The fourth-order valence-electron chi connectivity index (χ4n) is 1.84. The molecule has 2 aliphatic rings. The summed E-state index contributed by atoms with van der Waals surface area (Å²) in [6.45, 7) is 0.